The van der Waals surface area contributed by atoms with Gasteiger partial charge in [-0.2, -0.15) is 0 Å². The Labute approximate surface area is 201 Å². The van der Waals surface area contributed by atoms with E-state index in [9.17, 15) is 9.59 Å². The second kappa shape index (κ2) is 9.70. The van der Waals surface area contributed by atoms with Crippen LogP contribution in [0.3, 0.4) is 0 Å². The summed E-state index contributed by atoms with van der Waals surface area (Å²) in [5, 5.41) is 0. The van der Waals surface area contributed by atoms with Crippen LogP contribution in [0.15, 0.2) is 24.4 Å². The van der Waals surface area contributed by atoms with Gasteiger partial charge in [0, 0.05) is 50.4 Å². The van der Waals surface area contributed by atoms with Crippen molar-refractivity contribution in [2.45, 2.75) is 64.3 Å². The Morgan fingerprint density at radius 1 is 1.09 bits per heavy atom. The molecule has 0 saturated carbocycles. The second-order valence-electron chi connectivity index (χ2n) is 10.6. The fraction of sp³-hybridized carbons (Fsp3) is 0.538. The van der Waals surface area contributed by atoms with Crippen molar-refractivity contribution in [1.29, 1.82) is 0 Å². The largest absolute Gasteiger partial charge is 0.365 e. The van der Waals surface area contributed by atoms with Gasteiger partial charge in [0.2, 0.25) is 5.95 Å². The van der Waals surface area contributed by atoms with E-state index < -0.39 is 5.91 Å². The van der Waals surface area contributed by atoms with Crippen molar-refractivity contribution in [1.82, 2.24) is 14.9 Å². The van der Waals surface area contributed by atoms with Gasteiger partial charge in [0.25, 0.3) is 11.8 Å². The highest BCUT2D eigenvalue weighted by Crippen LogP contribution is 2.28. The van der Waals surface area contributed by atoms with Gasteiger partial charge in [-0.15, -0.1) is 0 Å². The molecule has 2 fully saturated rings. The van der Waals surface area contributed by atoms with E-state index in [2.05, 4.69) is 36.7 Å². The minimum atomic E-state index is -0.558. The van der Waals surface area contributed by atoms with Crippen LogP contribution >= 0.6 is 0 Å². The number of benzene rings is 1. The molecule has 2 amide bonds. The number of hydrogen-bond acceptors (Lipinski definition) is 6. The first-order valence-corrected chi connectivity index (χ1v) is 12.2. The van der Waals surface area contributed by atoms with Crippen LogP contribution in [-0.4, -0.2) is 58.9 Å². The Kier molecular flexibility index (Phi) is 6.89. The van der Waals surface area contributed by atoms with Crippen LogP contribution in [0.5, 0.6) is 0 Å². The van der Waals surface area contributed by atoms with Gasteiger partial charge in [-0.05, 0) is 54.4 Å². The molecule has 1 aromatic heterocycles. The summed E-state index contributed by atoms with van der Waals surface area (Å²) in [6.07, 6.45) is 5.96. The van der Waals surface area contributed by atoms with E-state index in [1.165, 1.54) is 6.20 Å². The predicted octanol–water partition coefficient (Wildman–Crippen LogP) is 2.63. The van der Waals surface area contributed by atoms with Crippen molar-refractivity contribution in [2.75, 3.05) is 31.1 Å². The van der Waals surface area contributed by atoms with Crippen LogP contribution in [0.25, 0.3) is 0 Å². The fourth-order valence-corrected chi connectivity index (χ4v) is 4.74. The third-order valence-corrected chi connectivity index (χ3v) is 6.73. The van der Waals surface area contributed by atoms with E-state index in [0.717, 1.165) is 56.4 Å². The molecule has 0 unspecified atom stereocenters. The minimum Gasteiger partial charge on any atom is -0.365 e. The number of aromatic nitrogens is 2. The number of primary amides is 1. The van der Waals surface area contributed by atoms with Crippen LogP contribution in [0.2, 0.25) is 0 Å². The molecule has 8 nitrogen and oxygen atoms in total. The maximum absolute atomic E-state index is 13.2. The SMILES string of the molecule is CC(C)(C)c1cc(Cc2nc(N3CCC[C@H](N)C3)ncc2C(N)=O)cc(C(=O)N2CCCC2)c1. The highest BCUT2D eigenvalue weighted by atomic mass is 16.2. The Morgan fingerprint density at radius 2 is 1.82 bits per heavy atom. The van der Waals surface area contributed by atoms with E-state index in [4.69, 9.17) is 16.5 Å². The molecule has 2 aliphatic heterocycles. The summed E-state index contributed by atoms with van der Waals surface area (Å²) in [4.78, 5) is 38.5. The number of likely N-dealkylation sites (tertiary alicyclic amines) is 1. The predicted molar refractivity (Wildman–Crippen MR) is 133 cm³/mol. The molecule has 0 bridgehead atoms. The zero-order valence-corrected chi connectivity index (χ0v) is 20.5. The Hall–Kier alpha value is -3.00. The number of carbonyl (C=O) groups excluding carboxylic acids is 2. The van der Waals surface area contributed by atoms with Gasteiger partial charge in [0.05, 0.1) is 11.3 Å². The molecule has 2 aromatic rings. The van der Waals surface area contributed by atoms with Crippen molar-refractivity contribution < 1.29 is 9.59 Å². The number of amides is 2. The molecular formula is C26H36N6O2. The third kappa shape index (κ3) is 5.38. The van der Waals surface area contributed by atoms with Crippen molar-refractivity contribution >= 4 is 17.8 Å². The van der Waals surface area contributed by atoms with E-state index >= 15 is 0 Å². The van der Waals surface area contributed by atoms with E-state index in [0.29, 0.717) is 35.7 Å². The van der Waals surface area contributed by atoms with Gasteiger partial charge in [-0.1, -0.05) is 26.8 Å². The highest BCUT2D eigenvalue weighted by molar-refractivity contribution is 5.95. The summed E-state index contributed by atoms with van der Waals surface area (Å²) < 4.78 is 0. The van der Waals surface area contributed by atoms with Gasteiger partial charge >= 0.3 is 0 Å². The number of anilines is 1. The first-order chi connectivity index (χ1) is 16.1. The molecule has 2 saturated heterocycles. The van der Waals surface area contributed by atoms with Gasteiger partial charge in [-0.3, -0.25) is 9.59 Å². The zero-order chi connectivity index (χ0) is 24.5. The highest BCUT2D eigenvalue weighted by Gasteiger charge is 2.25. The summed E-state index contributed by atoms with van der Waals surface area (Å²) in [5.74, 6) is 0.0680. The lowest BCUT2D eigenvalue weighted by Crippen LogP contribution is -2.43. The van der Waals surface area contributed by atoms with Crippen molar-refractivity contribution in [3.05, 3.63) is 52.3 Å². The van der Waals surface area contributed by atoms with E-state index in [-0.39, 0.29) is 17.4 Å². The Balaban J connectivity index is 1.71. The lowest BCUT2D eigenvalue weighted by Gasteiger charge is -2.31. The smallest absolute Gasteiger partial charge is 0.253 e. The van der Waals surface area contributed by atoms with Gasteiger partial charge in [0.1, 0.15) is 0 Å². The summed E-state index contributed by atoms with van der Waals surface area (Å²) >= 11 is 0. The molecule has 0 spiro atoms. The number of carbonyl (C=O) groups is 2. The number of rotatable bonds is 5. The fourth-order valence-electron chi connectivity index (χ4n) is 4.74. The topological polar surface area (TPSA) is 118 Å². The summed E-state index contributed by atoms with van der Waals surface area (Å²) in [6, 6.07) is 6.11. The average molecular weight is 465 g/mol. The zero-order valence-electron chi connectivity index (χ0n) is 20.5. The molecule has 0 aliphatic carbocycles. The van der Waals surface area contributed by atoms with Crippen molar-refractivity contribution in [3.63, 3.8) is 0 Å². The second-order valence-corrected chi connectivity index (χ2v) is 10.6. The van der Waals surface area contributed by atoms with Gasteiger partial charge in [-0.25, -0.2) is 9.97 Å². The van der Waals surface area contributed by atoms with Crippen LogP contribution in [0, 0.1) is 0 Å². The van der Waals surface area contributed by atoms with E-state index in [1.54, 1.807) is 0 Å². The first-order valence-electron chi connectivity index (χ1n) is 12.2. The van der Waals surface area contributed by atoms with Gasteiger partial charge < -0.3 is 21.3 Å². The van der Waals surface area contributed by atoms with Crippen LogP contribution in [-0.2, 0) is 11.8 Å². The van der Waals surface area contributed by atoms with Crippen LogP contribution in [0.1, 0.15) is 84.0 Å². The normalized spacial score (nSPS) is 18.9. The molecule has 182 valence electrons. The lowest BCUT2D eigenvalue weighted by molar-refractivity contribution is 0.0792. The van der Waals surface area contributed by atoms with Crippen molar-refractivity contribution in [3.8, 4) is 0 Å². The molecule has 4 N–H and O–H groups in total. The van der Waals surface area contributed by atoms with E-state index in [1.807, 2.05) is 17.0 Å². The molecule has 3 heterocycles. The summed E-state index contributed by atoms with van der Waals surface area (Å²) in [6.45, 7) is 9.51. The molecule has 1 aromatic carbocycles. The average Bonchev–Trinajstić information content (AvgIpc) is 3.32. The number of hydrogen-bond donors (Lipinski definition) is 2. The quantitative estimate of drug-likeness (QED) is 0.702. The minimum absolute atomic E-state index is 0.0608. The number of nitrogens with zero attached hydrogens (tertiary/aromatic N) is 4. The number of piperidine rings is 1. The molecule has 0 radical (unpaired) electrons. The first kappa shape index (κ1) is 24.1. The molecule has 8 heteroatoms. The van der Waals surface area contributed by atoms with Crippen molar-refractivity contribution in [2.24, 2.45) is 11.5 Å². The van der Waals surface area contributed by atoms with Crippen LogP contribution in [0.4, 0.5) is 5.95 Å². The summed E-state index contributed by atoms with van der Waals surface area (Å²) in [7, 11) is 0. The molecular weight excluding hydrogens is 428 g/mol. The molecule has 2 aliphatic rings. The third-order valence-electron chi connectivity index (χ3n) is 6.73. The maximum atomic E-state index is 13.2. The molecule has 34 heavy (non-hydrogen) atoms. The number of nitrogens with two attached hydrogens (primary N) is 2. The molecule has 1 atom stereocenters. The molecule has 4 rings (SSSR count). The standard InChI is InChI=1S/C26H36N6O2/c1-26(2,3)19-12-17(11-18(14-19)24(34)31-8-4-5-9-31)13-22-21(23(28)33)15-29-25(30-22)32-10-6-7-20(27)16-32/h11-12,14-15,20H,4-10,13,16,27H2,1-3H3,(H2,28,33)/t20-/m0/s1. The maximum Gasteiger partial charge on any atom is 0.253 e. The van der Waals surface area contributed by atoms with Gasteiger partial charge in [0.15, 0.2) is 0 Å². The lowest BCUT2D eigenvalue weighted by atomic mass is 9.84. The monoisotopic (exact) mass is 464 g/mol. The Morgan fingerprint density at radius 3 is 2.47 bits per heavy atom. The van der Waals surface area contributed by atoms with Crippen LogP contribution < -0.4 is 16.4 Å². The Bertz CT molecular complexity index is 1070. The summed E-state index contributed by atoms with van der Waals surface area (Å²) in [5.41, 5.74) is 15.2.